The predicted molar refractivity (Wildman–Crippen MR) is 104 cm³/mol. The summed E-state index contributed by atoms with van der Waals surface area (Å²) in [6.45, 7) is 0.627. The zero-order valence-electron chi connectivity index (χ0n) is 16.2. The lowest BCUT2D eigenvalue weighted by Crippen LogP contribution is -2.18. The van der Waals surface area contributed by atoms with Crippen LogP contribution in [0.15, 0.2) is 23.4 Å². The van der Waals surface area contributed by atoms with Crippen molar-refractivity contribution in [1.82, 2.24) is 19.6 Å². The van der Waals surface area contributed by atoms with E-state index in [4.69, 9.17) is 4.74 Å². The number of thioether (sulfide) groups is 1. The summed E-state index contributed by atoms with van der Waals surface area (Å²) in [7, 11) is 1.34. The van der Waals surface area contributed by atoms with Crippen molar-refractivity contribution in [3.63, 3.8) is 0 Å². The normalized spacial score (nSPS) is 11.1. The van der Waals surface area contributed by atoms with Crippen LogP contribution in [0.25, 0.3) is 5.78 Å². The third-order valence-electron chi connectivity index (χ3n) is 4.21. The number of alkyl halides is 2. The van der Waals surface area contributed by atoms with Gasteiger partial charge in [-0.3, -0.25) is 4.79 Å². The maximum absolute atomic E-state index is 12.6. The highest BCUT2D eigenvalue weighted by Crippen LogP contribution is 2.31. The average molecular weight is 423 g/mol. The first-order valence-corrected chi connectivity index (χ1v) is 9.74. The zero-order chi connectivity index (χ0) is 21.1. The molecule has 3 rings (SSSR count). The van der Waals surface area contributed by atoms with Gasteiger partial charge >= 0.3 is 6.61 Å². The molecule has 1 aromatic carbocycles. The lowest BCUT2D eigenvalue weighted by Gasteiger charge is -2.13. The predicted octanol–water partition coefficient (Wildman–Crippen LogP) is 3.25. The smallest absolute Gasteiger partial charge is 0.387 e. The molecule has 8 nitrogen and oxygen atoms in total. The first kappa shape index (κ1) is 20.8. The number of carbonyl (C=O) groups excluding carboxylic acids is 1. The van der Waals surface area contributed by atoms with Gasteiger partial charge in [0, 0.05) is 28.7 Å². The first-order valence-electron chi connectivity index (χ1n) is 8.52. The molecule has 0 unspecified atom stereocenters. The number of ether oxygens (including phenoxy) is 2. The van der Waals surface area contributed by atoms with Crippen molar-refractivity contribution in [2.24, 2.45) is 0 Å². The summed E-state index contributed by atoms with van der Waals surface area (Å²) in [5.74, 6) is 0.108. The summed E-state index contributed by atoms with van der Waals surface area (Å²) in [6, 6.07) is 4.27. The number of rotatable bonds is 7. The topological polar surface area (TPSA) is 90.6 Å². The molecule has 0 aliphatic carbocycles. The fraction of sp³-hybridized carbons (Fsp3) is 0.333. The number of carbonyl (C=O) groups is 1. The molecule has 0 aliphatic heterocycles. The van der Waals surface area contributed by atoms with Gasteiger partial charge in [-0.25, -0.2) is 9.50 Å². The number of hydrogen-bond acceptors (Lipinski definition) is 7. The van der Waals surface area contributed by atoms with Gasteiger partial charge in [-0.2, -0.15) is 13.8 Å². The second-order valence-corrected chi connectivity index (χ2v) is 6.81. The maximum Gasteiger partial charge on any atom is 0.387 e. The van der Waals surface area contributed by atoms with Gasteiger partial charge in [0.05, 0.1) is 13.5 Å². The summed E-state index contributed by atoms with van der Waals surface area (Å²) >= 11 is 1.40. The molecular formula is C18H19F2N5O3S. The molecular weight excluding hydrogens is 404 g/mol. The minimum Gasteiger partial charge on any atom is -0.493 e. The van der Waals surface area contributed by atoms with Crippen LogP contribution in [0.1, 0.15) is 17.0 Å². The molecule has 29 heavy (non-hydrogen) atoms. The summed E-state index contributed by atoms with van der Waals surface area (Å²) in [6.07, 6.45) is 1.90. The molecule has 0 fully saturated rings. The van der Waals surface area contributed by atoms with Crippen LogP contribution in [0.3, 0.4) is 0 Å². The summed E-state index contributed by atoms with van der Waals surface area (Å²) in [5, 5.41) is 7.62. The Bertz CT molecular complexity index is 1060. The number of nitrogens with one attached hydrogen (secondary N) is 1. The fourth-order valence-corrected chi connectivity index (χ4v) is 3.18. The van der Waals surface area contributed by atoms with Crippen LogP contribution in [0.2, 0.25) is 0 Å². The Morgan fingerprint density at radius 1 is 1.28 bits per heavy atom. The van der Waals surface area contributed by atoms with E-state index in [0.717, 1.165) is 5.69 Å². The van der Waals surface area contributed by atoms with Crippen LogP contribution in [0.5, 0.6) is 11.5 Å². The van der Waals surface area contributed by atoms with Gasteiger partial charge in [0.1, 0.15) is 0 Å². The van der Waals surface area contributed by atoms with Crippen LogP contribution in [0, 0.1) is 13.8 Å². The van der Waals surface area contributed by atoms with E-state index in [9.17, 15) is 13.6 Å². The Morgan fingerprint density at radius 3 is 2.69 bits per heavy atom. The van der Waals surface area contributed by atoms with Crippen molar-refractivity contribution in [2.75, 3.05) is 18.7 Å². The minimum absolute atomic E-state index is 0.0339. The van der Waals surface area contributed by atoms with E-state index in [1.54, 1.807) is 17.5 Å². The Kier molecular flexibility index (Phi) is 6.16. The van der Waals surface area contributed by atoms with E-state index < -0.39 is 6.61 Å². The number of nitrogens with zero attached hydrogens (tertiary/aromatic N) is 4. The number of aromatic nitrogens is 4. The zero-order valence-corrected chi connectivity index (χ0v) is 17.0. The molecule has 0 saturated carbocycles. The van der Waals surface area contributed by atoms with E-state index in [0.29, 0.717) is 27.9 Å². The lowest BCUT2D eigenvalue weighted by atomic mass is 10.1. The van der Waals surface area contributed by atoms with Crippen molar-refractivity contribution in [2.45, 2.75) is 32.0 Å². The molecule has 1 N–H and O–H groups in total. The molecule has 1 amide bonds. The van der Waals surface area contributed by atoms with Gasteiger partial charge < -0.3 is 14.8 Å². The van der Waals surface area contributed by atoms with Crippen molar-refractivity contribution in [3.05, 3.63) is 35.2 Å². The highest BCUT2D eigenvalue weighted by molar-refractivity contribution is 7.98. The number of anilines is 1. The summed E-state index contributed by atoms with van der Waals surface area (Å²) in [5.41, 5.74) is 2.44. The summed E-state index contributed by atoms with van der Waals surface area (Å²) < 4.78 is 36.2. The molecule has 0 spiro atoms. The number of fused-ring (bicyclic) bond motifs is 1. The fourth-order valence-electron chi connectivity index (χ4n) is 2.84. The number of halogens is 2. The van der Waals surface area contributed by atoms with Crippen LogP contribution < -0.4 is 14.8 Å². The number of aryl methyl sites for hydroxylation is 2. The second-order valence-electron chi connectivity index (χ2n) is 6.04. The highest BCUT2D eigenvalue weighted by atomic mass is 32.2. The minimum atomic E-state index is -3.01. The van der Waals surface area contributed by atoms with E-state index >= 15 is 0 Å². The van der Waals surface area contributed by atoms with Crippen molar-refractivity contribution < 1.29 is 23.0 Å². The van der Waals surface area contributed by atoms with E-state index in [1.807, 2.05) is 13.2 Å². The van der Waals surface area contributed by atoms with Crippen molar-refractivity contribution >= 4 is 29.1 Å². The van der Waals surface area contributed by atoms with Crippen molar-refractivity contribution in [1.29, 1.82) is 0 Å². The molecule has 0 aliphatic rings. The molecule has 0 radical (unpaired) electrons. The van der Waals surface area contributed by atoms with Crippen LogP contribution >= 0.6 is 11.8 Å². The standard InChI is InChI=1S/C18H19F2N5O3S/c1-9-12(10(2)25-17(21-9)23-18(24-25)29-4)8-15(26)22-11-5-6-13(27-3)14(7-11)28-16(19)20/h5-7,16H,8H2,1-4H3,(H,22,26). The molecule has 0 saturated heterocycles. The number of hydrogen-bond donors (Lipinski definition) is 1. The van der Waals surface area contributed by atoms with Crippen molar-refractivity contribution in [3.8, 4) is 11.5 Å². The first-order chi connectivity index (χ1) is 13.8. The Hall–Kier alpha value is -2.95. The molecule has 154 valence electrons. The third kappa shape index (κ3) is 4.56. The molecule has 2 heterocycles. The van der Waals surface area contributed by atoms with Gasteiger partial charge in [0.2, 0.25) is 11.1 Å². The van der Waals surface area contributed by atoms with E-state index in [2.05, 4.69) is 25.1 Å². The largest absolute Gasteiger partial charge is 0.493 e. The molecule has 0 bridgehead atoms. The monoisotopic (exact) mass is 423 g/mol. The highest BCUT2D eigenvalue weighted by Gasteiger charge is 2.17. The van der Waals surface area contributed by atoms with Gasteiger partial charge in [-0.1, -0.05) is 11.8 Å². The lowest BCUT2D eigenvalue weighted by molar-refractivity contribution is -0.115. The third-order valence-corrected chi connectivity index (χ3v) is 4.75. The van der Waals surface area contributed by atoms with E-state index in [1.165, 1.54) is 31.0 Å². The molecule has 2 aromatic heterocycles. The van der Waals surface area contributed by atoms with Crippen LogP contribution in [-0.2, 0) is 11.2 Å². The molecule has 0 atom stereocenters. The molecule has 11 heteroatoms. The molecule has 3 aromatic rings. The Morgan fingerprint density at radius 2 is 2.03 bits per heavy atom. The van der Waals surface area contributed by atoms with E-state index in [-0.39, 0.29) is 23.8 Å². The van der Waals surface area contributed by atoms with Crippen LogP contribution in [0.4, 0.5) is 14.5 Å². The quantitative estimate of drug-likeness (QED) is 0.584. The van der Waals surface area contributed by atoms with Gasteiger partial charge in [-0.15, -0.1) is 5.10 Å². The Labute approximate surface area is 169 Å². The van der Waals surface area contributed by atoms with Gasteiger partial charge in [-0.05, 0) is 32.2 Å². The average Bonchev–Trinajstić information content (AvgIpc) is 3.08. The maximum atomic E-state index is 12.6. The second kappa shape index (κ2) is 8.60. The number of methoxy groups -OCH3 is 1. The van der Waals surface area contributed by atoms with Crippen LogP contribution in [-0.4, -0.2) is 45.5 Å². The SMILES string of the molecule is COc1ccc(NC(=O)Cc2c(C)nc3nc(SC)nn3c2C)cc1OC(F)F. The summed E-state index contributed by atoms with van der Waals surface area (Å²) in [4.78, 5) is 21.3. The van der Waals surface area contributed by atoms with Gasteiger partial charge in [0.15, 0.2) is 11.5 Å². The van der Waals surface area contributed by atoms with Gasteiger partial charge in [0.25, 0.3) is 5.78 Å². The number of benzene rings is 1. The Balaban J connectivity index is 1.82. The number of amides is 1.